The van der Waals surface area contributed by atoms with Gasteiger partial charge >= 0.3 is 0 Å². The Balaban J connectivity index is 1.99. The van der Waals surface area contributed by atoms with Crippen molar-refractivity contribution < 1.29 is 0 Å². The van der Waals surface area contributed by atoms with Gasteiger partial charge in [0.15, 0.2) is 0 Å². The molecule has 0 spiro atoms. The van der Waals surface area contributed by atoms with Crippen LogP contribution in [0, 0.1) is 0 Å². The fourth-order valence-electron chi connectivity index (χ4n) is 2.87. The summed E-state index contributed by atoms with van der Waals surface area (Å²) in [4.78, 5) is 11.5. The van der Waals surface area contributed by atoms with Crippen LogP contribution in [-0.2, 0) is 6.54 Å². The normalized spacial score (nSPS) is 16.6. The van der Waals surface area contributed by atoms with Crippen LogP contribution in [0.2, 0.25) is 0 Å². The van der Waals surface area contributed by atoms with E-state index < -0.39 is 0 Å². The molecule has 1 fully saturated rings. The summed E-state index contributed by atoms with van der Waals surface area (Å²) in [7, 11) is 0. The smallest absolute Gasteiger partial charge is 0.225 e. The van der Waals surface area contributed by atoms with E-state index in [1.54, 1.807) is 0 Å². The molecule has 1 aromatic heterocycles. The van der Waals surface area contributed by atoms with Crippen molar-refractivity contribution in [3.8, 4) is 0 Å². The highest BCUT2D eigenvalue weighted by Crippen LogP contribution is 2.24. The third-order valence-corrected chi connectivity index (χ3v) is 4.02. The van der Waals surface area contributed by atoms with Gasteiger partial charge in [-0.05, 0) is 19.8 Å². The zero-order valence-electron chi connectivity index (χ0n) is 13.1. The first-order valence-corrected chi connectivity index (χ1v) is 8.01. The maximum atomic E-state index is 4.58. The summed E-state index contributed by atoms with van der Waals surface area (Å²) in [5.41, 5.74) is 1.15. The van der Waals surface area contributed by atoms with Gasteiger partial charge < -0.3 is 10.2 Å². The van der Waals surface area contributed by atoms with E-state index in [-0.39, 0.29) is 0 Å². The minimum Gasteiger partial charge on any atom is -0.338 e. The van der Waals surface area contributed by atoms with Crippen molar-refractivity contribution in [3.05, 3.63) is 18.0 Å². The molecule has 2 rings (SSSR count). The molecule has 4 nitrogen and oxygen atoms in total. The van der Waals surface area contributed by atoms with Crippen LogP contribution in [0.25, 0.3) is 0 Å². The number of nitrogens with one attached hydrogen (secondary N) is 1. The van der Waals surface area contributed by atoms with Crippen molar-refractivity contribution in [1.29, 1.82) is 0 Å². The Labute approximate surface area is 123 Å². The quantitative estimate of drug-likeness (QED) is 0.866. The van der Waals surface area contributed by atoms with Crippen LogP contribution < -0.4 is 10.2 Å². The summed E-state index contributed by atoms with van der Waals surface area (Å²) < 4.78 is 0. The third-order valence-electron chi connectivity index (χ3n) is 4.02. The molecule has 1 aliphatic rings. The fourth-order valence-corrected chi connectivity index (χ4v) is 2.87. The van der Waals surface area contributed by atoms with E-state index in [1.807, 2.05) is 12.4 Å². The molecule has 1 N–H and O–H groups in total. The first-order chi connectivity index (χ1) is 9.70. The summed E-state index contributed by atoms with van der Waals surface area (Å²) >= 11 is 0. The van der Waals surface area contributed by atoms with Gasteiger partial charge in [-0.2, -0.15) is 0 Å². The molecule has 0 unspecified atom stereocenters. The lowest BCUT2D eigenvalue weighted by Gasteiger charge is -2.33. The second-order valence-electron chi connectivity index (χ2n) is 6.00. The van der Waals surface area contributed by atoms with Crippen molar-refractivity contribution in [2.24, 2.45) is 0 Å². The molecule has 1 heterocycles. The van der Waals surface area contributed by atoms with Crippen LogP contribution in [0.3, 0.4) is 0 Å². The van der Waals surface area contributed by atoms with E-state index in [0.29, 0.717) is 12.1 Å². The molecule has 20 heavy (non-hydrogen) atoms. The first-order valence-electron chi connectivity index (χ1n) is 8.01. The van der Waals surface area contributed by atoms with Crippen LogP contribution in [0.4, 0.5) is 5.95 Å². The van der Waals surface area contributed by atoms with Gasteiger partial charge in [-0.1, -0.05) is 33.1 Å². The van der Waals surface area contributed by atoms with E-state index in [4.69, 9.17) is 0 Å². The predicted molar refractivity (Wildman–Crippen MR) is 83.9 cm³/mol. The van der Waals surface area contributed by atoms with E-state index in [9.17, 15) is 0 Å². The molecule has 112 valence electrons. The topological polar surface area (TPSA) is 41.1 Å². The Morgan fingerprint density at radius 1 is 1.20 bits per heavy atom. The van der Waals surface area contributed by atoms with E-state index in [2.05, 4.69) is 41.0 Å². The number of hydrogen-bond donors (Lipinski definition) is 1. The molecule has 0 bridgehead atoms. The maximum Gasteiger partial charge on any atom is 0.225 e. The Bertz CT molecular complexity index is 382. The van der Waals surface area contributed by atoms with Crippen LogP contribution in [0.15, 0.2) is 12.4 Å². The number of anilines is 1. The van der Waals surface area contributed by atoms with Crippen molar-refractivity contribution in [1.82, 2.24) is 15.3 Å². The van der Waals surface area contributed by atoms with Gasteiger partial charge in [0.05, 0.1) is 0 Å². The Hall–Kier alpha value is -1.16. The lowest BCUT2D eigenvalue weighted by molar-refractivity contribution is 0.414. The predicted octanol–water partition coefficient (Wildman–Crippen LogP) is 3.13. The van der Waals surface area contributed by atoms with Gasteiger partial charge in [0.25, 0.3) is 0 Å². The lowest BCUT2D eigenvalue weighted by atomic mass is 9.94. The molecule has 1 saturated carbocycles. The van der Waals surface area contributed by atoms with Crippen LogP contribution in [-0.4, -0.2) is 28.6 Å². The van der Waals surface area contributed by atoms with Gasteiger partial charge in [0, 0.05) is 43.1 Å². The summed E-state index contributed by atoms with van der Waals surface area (Å²) in [6.07, 6.45) is 10.6. The second kappa shape index (κ2) is 7.58. The molecule has 0 amide bonds. The highest BCUT2D eigenvalue weighted by Gasteiger charge is 2.21. The van der Waals surface area contributed by atoms with E-state index in [0.717, 1.165) is 24.6 Å². The van der Waals surface area contributed by atoms with Gasteiger partial charge in [-0.15, -0.1) is 0 Å². The number of hydrogen-bond acceptors (Lipinski definition) is 4. The molecule has 0 saturated heterocycles. The van der Waals surface area contributed by atoms with Crippen molar-refractivity contribution >= 4 is 5.95 Å². The number of aromatic nitrogens is 2. The highest BCUT2D eigenvalue weighted by molar-refractivity contribution is 5.31. The molecule has 0 aliphatic heterocycles. The van der Waals surface area contributed by atoms with Crippen molar-refractivity contribution in [3.63, 3.8) is 0 Å². The largest absolute Gasteiger partial charge is 0.338 e. The molecule has 0 radical (unpaired) electrons. The second-order valence-corrected chi connectivity index (χ2v) is 6.00. The standard InChI is InChI=1S/C16H28N4/c1-4-20(15-8-6-5-7-9-15)16-18-11-14(12-19-16)10-17-13(2)3/h11-13,15,17H,4-10H2,1-3H3. The lowest BCUT2D eigenvalue weighted by Crippen LogP contribution is -2.37. The van der Waals surface area contributed by atoms with Gasteiger partial charge in [-0.25, -0.2) is 9.97 Å². The average Bonchev–Trinajstić information content (AvgIpc) is 2.48. The zero-order valence-corrected chi connectivity index (χ0v) is 13.1. The van der Waals surface area contributed by atoms with Gasteiger partial charge in [0.1, 0.15) is 0 Å². The Morgan fingerprint density at radius 3 is 2.40 bits per heavy atom. The number of nitrogens with zero attached hydrogens (tertiary/aromatic N) is 3. The van der Waals surface area contributed by atoms with Crippen LogP contribution in [0.5, 0.6) is 0 Å². The number of rotatable bonds is 6. The molecular weight excluding hydrogens is 248 g/mol. The van der Waals surface area contributed by atoms with Crippen molar-refractivity contribution in [2.75, 3.05) is 11.4 Å². The van der Waals surface area contributed by atoms with Gasteiger partial charge in [-0.3, -0.25) is 0 Å². The molecule has 1 aliphatic carbocycles. The third kappa shape index (κ3) is 4.17. The average molecular weight is 276 g/mol. The molecular formula is C16H28N4. The molecule has 4 heteroatoms. The summed E-state index contributed by atoms with van der Waals surface area (Å²) in [6.45, 7) is 8.34. The van der Waals surface area contributed by atoms with Crippen LogP contribution in [0.1, 0.15) is 58.4 Å². The van der Waals surface area contributed by atoms with E-state index >= 15 is 0 Å². The summed E-state index contributed by atoms with van der Waals surface area (Å²) in [5.74, 6) is 0.896. The van der Waals surface area contributed by atoms with Crippen molar-refractivity contribution in [2.45, 2.75) is 71.5 Å². The fraction of sp³-hybridized carbons (Fsp3) is 0.750. The van der Waals surface area contributed by atoms with E-state index in [1.165, 1.54) is 32.1 Å². The van der Waals surface area contributed by atoms with Gasteiger partial charge in [0.2, 0.25) is 5.95 Å². The minimum atomic E-state index is 0.490. The Kier molecular flexibility index (Phi) is 5.77. The first kappa shape index (κ1) is 15.2. The molecule has 1 aromatic rings. The molecule has 0 atom stereocenters. The SMILES string of the molecule is CCN(c1ncc(CNC(C)C)cn1)C1CCCCC1. The summed E-state index contributed by atoms with van der Waals surface area (Å²) in [6, 6.07) is 1.12. The zero-order chi connectivity index (χ0) is 14.4. The van der Waals surface area contributed by atoms with Crippen LogP contribution >= 0.6 is 0 Å². The molecule has 0 aromatic carbocycles. The maximum absolute atomic E-state index is 4.58. The minimum absolute atomic E-state index is 0.490. The Morgan fingerprint density at radius 2 is 1.85 bits per heavy atom. The summed E-state index contributed by atoms with van der Waals surface area (Å²) in [5, 5.41) is 3.39. The highest BCUT2D eigenvalue weighted by atomic mass is 15.3. The monoisotopic (exact) mass is 276 g/mol.